The summed E-state index contributed by atoms with van der Waals surface area (Å²) >= 11 is 0. The van der Waals surface area contributed by atoms with Crippen LogP contribution in [0.1, 0.15) is 19.8 Å². The molecule has 114 valence electrons. The van der Waals surface area contributed by atoms with E-state index in [-0.39, 0.29) is 18.0 Å². The van der Waals surface area contributed by atoms with E-state index in [4.69, 9.17) is 0 Å². The van der Waals surface area contributed by atoms with E-state index in [1.54, 1.807) is 16.7 Å². The Kier molecular flexibility index (Phi) is 3.91. The molecule has 0 saturated heterocycles. The first-order valence-electron chi connectivity index (χ1n) is 7.43. The highest BCUT2D eigenvalue weighted by Crippen LogP contribution is 2.12. The molecule has 0 aliphatic carbocycles. The van der Waals surface area contributed by atoms with Crippen molar-refractivity contribution in [3.05, 3.63) is 47.0 Å². The van der Waals surface area contributed by atoms with E-state index in [1.165, 1.54) is 4.57 Å². The van der Waals surface area contributed by atoms with Gasteiger partial charge in [0.1, 0.15) is 12.1 Å². The summed E-state index contributed by atoms with van der Waals surface area (Å²) in [6, 6.07) is 7.27. The highest BCUT2D eigenvalue weighted by molar-refractivity contribution is 5.80. The lowest BCUT2D eigenvalue weighted by atomic mass is 10.3. The molecule has 1 N–H and O–H groups in total. The maximum Gasteiger partial charge on any atom is 0.276 e. The second-order valence-corrected chi connectivity index (χ2v) is 5.20. The zero-order valence-electron chi connectivity index (χ0n) is 12.5. The summed E-state index contributed by atoms with van der Waals surface area (Å²) in [6.07, 6.45) is 5.40. The number of pyridine rings is 1. The molecule has 6 heteroatoms. The van der Waals surface area contributed by atoms with Crippen molar-refractivity contribution in [2.45, 2.75) is 26.3 Å². The fraction of sp³-hybridized carbons (Fsp3) is 0.312. The molecule has 3 rings (SSSR count). The van der Waals surface area contributed by atoms with Crippen LogP contribution in [0.15, 0.2) is 41.5 Å². The quantitative estimate of drug-likeness (QED) is 0.727. The second-order valence-electron chi connectivity index (χ2n) is 5.20. The normalized spacial score (nSPS) is 11.1. The first kappa shape index (κ1) is 14.3. The van der Waals surface area contributed by atoms with Crippen LogP contribution in [0.3, 0.4) is 0 Å². The molecule has 0 spiro atoms. The van der Waals surface area contributed by atoms with Gasteiger partial charge in [0.05, 0.1) is 5.52 Å². The van der Waals surface area contributed by atoms with Gasteiger partial charge in [-0.15, -0.1) is 0 Å². The van der Waals surface area contributed by atoms with E-state index >= 15 is 0 Å². The molecule has 3 heterocycles. The van der Waals surface area contributed by atoms with Crippen molar-refractivity contribution in [3.63, 3.8) is 0 Å². The average molecular weight is 298 g/mol. The fourth-order valence-corrected chi connectivity index (χ4v) is 2.53. The number of carbonyl (C=O) groups is 1. The summed E-state index contributed by atoms with van der Waals surface area (Å²) in [7, 11) is 0. The minimum absolute atomic E-state index is 0.0161. The molecule has 0 bridgehead atoms. The van der Waals surface area contributed by atoms with E-state index < -0.39 is 0 Å². The summed E-state index contributed by atoms with van der Waals surface area (Å²) in [4.78, 5) is 28.9. The Labute approximate surface area is 127 Å². The maximum absolute atomic E-state index is 12.6. The van der Waals surface area contributed by atoms with Crippen LogP contribution >= 0.6 is 0 Å². The highest BCUT2D eigenvalue weighted by atomic mass is 16.2. The Morgan fingerprint density at radius 3 is 2.91 bits per heavy atom. The molecule has 0 fully saturated rings. The zero-order chi connectivity index (χ0) is 15.5. The van der Waals surface area contributed by atoms with Crippen LogP contribution in [0, 0.1) is 0 Å². The number of nitrogens with one attached hydrogen (secondary N) is 1. The van der Waals surface area contributed by atoms with Crippen molar-refractivity contribution in [1.82, 2.24) is 19.3 Å². The van der Waals surface area contributed by atoms with Gasteiger partial charge in [0.15, 0.2) is 5.65 Å². The van der Waals surface area contributed by atoms with Crippen LogP contribution < -0.4 is 10.9 Å². The number of aromatic nitrogens is 3. The number of carbonyl (C=O) groups excluding carboxylic acids is 1. The molecule has 3 aromatic heterocycles. The number of unbranched alkanes of at least 4 members (excludes halogenated alkanes) is 1. The first-order valence-corrected chi connectivity index (χ1v) is 7.43. The molecule has 0 aromatic carbocycles. The van der Waals surface area contributed by atoms with Crippen molar-refractivity contribution in [1.29, 1.82) is 0 Å². The Bertz CT molecular complexity index is 879. The molecular weight excluding hydrogens is 280 g/mol. The SMILES string of the molecule is CCCCNC(=O)Cn1c(=O)c2cccn2c2cccnc21. The van der Waals surface area contributed by atoms with Crippen molar-refractivity contribution in [2.24, 2.45) is 0 Å². The van der Waals surface area contributed by atoms with Crippen LogP contribution in [-0.4, -0.2) is 26.4 Å². The van der Waals surface area contributed by atoms with Crippen LogP contribution in [-0.2, 0) is 11.3 Å². The Morgan fingerprint density at radius 1 is 1.27 bits per heavy atom. The minimum atomic E-state index is -0.207. The minimum Gasteiger partial charge on any atom is -0.355 e. The molecule has 0 aliphatic heterocycles. The van der Waals surface area contributed by atoms with Gasteiger partial charge in [-0.3, -0.25) is 14.2 Å². The van der Waals surface area contributed by atoms with E-state index in [1.807, 2.05) is 24.4 Å². The van der Waals surface area contributed by atoms with Gasteiger partial charge >= 0.3 is 0 Å². The summed E-state index contributed by atoms with van der Waals surface area (Å²) in [5.74, 6) is -0.168. The summed E-state index contributed by atoms with van der Waals surface area (Å²) in [5.41, 5.74) is 1.66. The number of amides is 1. The molecule has 1 amide bonds. The van der Waals surface area contributed by atoms with Crippen molar-refractivity contribution >= 4 is 22.6 Å². The first-order chi connectivity index (χ1) is 10.7. The molecule has 0 unspecified atom stereocenters. The predicted octanol–water partition coefficient (Wildman–Crippen LogP) is 1.57. The number of hydrogen-bond acceptors (Lipinski definition) is 3. The van der Waals surface area contributed by atoms with E-state index in [9.17, 15) is 9.59 Å². The van der Waals surface area contributed by atoms with Gasteiger partial charge in [-0.2, -0.15) is 0 Å². The Balaban J connectivity index is 2.05. The molecule has 6 nitrogen and oxygen atoms in total. The highest BCUT2D eigenvalue weighted by Gasteiger charge is 2.13. The van der Waals surface area contributed by atoms with Gasteiger partial charge in [0, 0.05) is 18.9 Å². The predicted molar refractivity (Wildman–Crippen MR) is 84.9 cm³/mol. The van der Waals surface area contributed by atoms with E-state index in [0.29, 0.717) is 17.7 Å². The fourth-order valence-electron chi connectivity index (χ4n) is 2.53. The van der Waals surface area contributed by atoms with Gasteiger partial charge in [0.25, 0.3) is 5.56 Å². The number of fused-ring (bicyclic) bond motifs is 3. The third kappa shape index (κ3) is 2.47. The Hall–Kier alpha value is -2.63. The van der Waals surface area contributed by atoms with Crippen LogP contribution in [0.25, 0.3) is 16.7 Å². The zero-order valence-corrected chi connectivity index (χ0v) is 12.5. The van der Waals surface area contributed by atoms with Crippen molar-refractivity contribution < 1.29 is 4.79 Å². The smallest absolute Gasteiger partial charge is 0.276 e. The Morgan fingerprint density at radius 2 is 2.09 bits per heavy atom. The lowest BCUT2D eigenvalue weighted by Gasteiger charge is -2.11. The van der Waals surface area contributed by atoms with E-state index in [0.717, 1.165) is 18.4 Å². The van der Waals surface area contributed by atoms with Gasteiger partial charge in [-0.05, 0) is 30.7 Å². The molecule has 0 radical (unpaired) electrons. The van der Waals surface area contributed by atoms with Gasteiger partial charge < -0.3 is 9.72 Å². The van der Waals surface area contributed by atoms with Crippen LogP contribution in [0.2, 0.25) is 0 Å². The summed E-state index contributed by atoms with van der Waals surface area (Å²) < 4.78 is 3.24. The van der Waals surface area contributed by atoms with Gasteiger partial charge in [0.2, 0.25) is 5.91 Å². The third-order valence-electron chi connectivity index (χ3n) is 3.65. The number of hydrogen-bond donors (Lipinski definition) is 1. The molecular formula is C16H18N4O2. The molecule has 0 saturated carbocycles. The monoisotopic (exact) mass is 298 g/mol. The largest absolute Gasteiger partial charge is 0.355 e. The van der Waals surface area contributed by atoms with Crippen LogP contribution in [0.4, 0.5) is 0 Å². The molecule has 0 atom stereocenters. The lowest BCUT2D eigenvalue weighted by Crippen LogP contribution is -2.33. The lowest BCUT2D eigenvalue weighted by molar-refractivity contribution is -0.121. The summed E-state index contributed by atoms with van der Waals surface area (Å²) in [5, 5.41) is 2.83. The van der Waals surface area contributed by atoms with Crippen molar-refractivity contribution in [3.8, 4) is 0 Å². The summed E-state index contributed by atoms with van der Waals surface area (Å²) in [6.45, 7) is 2.68. The average Bonchev–Trinajstić information content (AvgIpc) is 3.02. The van der Waals surface area contributed by atoms with E-state index in [2.05, 4.69) is 17.2 Å². The topological polar surface area (TPSA) is 68.4 Å². The van der Waals surface area contributed by atoms with Gasteiger partial charge in [-0.25, -0.2) is 4.98 Å². The van der Waals surface area contributed by atoms with Crippen LogP contribution in [0.5, 0.6) is 0 Å². The second kappa shape index (κ2) is 6.01. The molecule has 22 heavy (non-hydrogen) atoms. The number of rotatable bonds is 5. The van der Waals surface area contributed by atoms with Crippen molar-refractivity contribution in [2.75, 3.05) is 6.54 Å². The maximum atomic E-state index is 12.6. The molecule has 0 aliphatic rings. The molecule has 3 aromatic rings. The van der Waals surface area contributed by atoms with Gasteiger partial charge in [-0.1, -0.05) is 13.3 Å². The standard InChI is InChI=1S/C16H18N4O2/c1-2-3-8-17-14(21)11-20-15-12(6-4-9-18-15)19-10-5-7-13(19)16(20)22/h4-7,9-10H,2-3,8,11H2,1H3,(H,17,21). The third-order valence-corrected chi connectivity index (χ3v) is 3.65. The number of nitrogens with zero attached hydrogens (tertiary/aromatic N) is 3.